The fourth-order valence-electron chi connectivity index (χ4n) is 1.17. The van der Waals surface area contributed by atoms with Crippen LogP contribution in [0.4, 0.5) is 0 Å². The lowest BCUT2D eigenvalue weighted by atomic mass is 10.1. The molecule has 0 radical (unpaired) electrons. The number of rotatable bonds is 3. The minimum absolute atomic E-state index is 0.0115. The normalized spacial score (nSPS) is 24.4. The van der Waals surface area contributed by atoms with Crippen LogP contribution in [-0.2, 0) is 9.53 Å². The van der Waals surface area contributed by atoms with Crippen LogP contribution in [0.25, 0.3) is 6.08 Å². The van der Waals surface area contributed by atoms with Crippen molar-refractivity contribution in [2.75, 3.05) is 6.61 Å². The molecule has 0 N–H and O–H groups in total. The second kappa shape index (κ2) is 3.80. The standard InChI is InChI=1S/C12H11ClO2/c1-12(8-15-12)11(14)7-4-9-2-5-10(13)6-3-9/h2-7H,8H2,1H3/b7-4+. The highest BCUT2D eigenvalue weighted by atomic mass is 35.5. The number of carbonyl (C=O) groups is 1. The molecular formula is C12H11ClO2. The Morgan fingerprint density at radius 2 is 2.07 bits per heavy atom. The molecule has 1 fully saturated rings. The summed E-state index contributed by atoms with van der Waals surface area (Å²) in [6.07, 6.45) is 3.32. The van der Waals surface area contributed by atoms with E-state index in [9.17, 15) is 4.79 Å². The van der Waals surface area contributed by atoms with Crippen molar-refractivity contribution in [3.05, 3.63) is 40.9 Å². The molecule has 1 heterocycles. The zero-order valence-electron chi connectivity index (χ0n) is 8.37. The van der Waals surface area contributed by atoms with Gasteiger partial charge in [-0.15, -0.1) is 0 Å². The molecule has 15 heavy (non-hydrogen) atoms. The molecule has 1 aliphatic rings. The number of benzene rings is 1. The van der Waals surface area contributed by atoms with E-state index >= 15 is 0 Å². The van der Waals surface area contributed by atoms with Gasteiger partial charge < -0.3 is 4.74 Å². The Morgan fingerprint density at radius 3 is 2.60 bits per heavy atom. The van der Waals surface area contributed by atoms with Crippen LogP contribution in [0, 0.1) is 0 Å². The third kappa shape index (κ3) is 2.46. The van der Waals surface area contributed by atoms with Gasteiger partial charge in [-0.1, -0.05) is 29.8 Å². The predicted octanol–water partition coefficient (Wildman–Crippen LogP) is 2.71. The SMILES string of the molecule is CC1(C(=O)/C=C/c2ccc(Cl)cc2)CO1. The third-order valence-corrected chi connectivity index (χ3v) is 2.65. The van der Waals surface area contributed by atoms with Crippen LogP contribution in [0.3, 0.4) is 0 Å². The maximum atomic E-state index is 11.5. The first-order chi connectivity index (χ1) is 7.10. The Hall–Kier alpha value is -1.12. The fraction of sp³-hybridized carbons (Fsp3) is 0.250. The fourth-order valence-corrected chi connectivity index (χ4v) is 1.30. The van der Waals surface area contributed by atoms with Gasteiger partial charge in [0.05, 0.1) is 6.61 Å². The quantitative estimate of drug-likeness (QED) is 0.581. The molecule has 2 nitrogen and oxygen atoms in total. The van der Waals surface area contributed by atoms with Gasteiger partial charge in [-0.05, 0) is 30.7 Å². The Balaban J connectivity index is 2.05. The van der Waals surface area contributed by atoms with E-state index in [1.807, 2.05) is 12.1 Å². The Morgan fingerprint density at radius 1 is 1.47 bits per heavy atom. The lowest BCUT2D eigenvalue weighted by Gasteiger charge is -1.97. The van der Waals surface area contributed by atoms with Crippen molar-refractivity contribution in [1.29, 1.82) is 0 Å². The van der Waals surface area contributed by atoms with Gasteiger partial charge in [0, 0.05) is 5.02 Å². The lowest BCUT2D eigenvalue weighted by Crippen LogP contribution is -2.17. The number of ketones is 1. The van der Waals surface area contributed by atoms with Crippen molar-refractivity contribution in [1.82, 2.24) is 0 Å². The van der Waals surface area contributed by atoms with Crippen LogP contribution in [-0.4, -0.2) is 18.0 Å². The van der Waals surface area contributed by atoms with E-state index in [1.54, 1.807) is 31.2 Å². The van der Waals surface area contributed by atoms with Crippen molar-refractivity contribution in [3.63, 3.8) is 0 Å². The number of hydrogen-bond donors (Lipinski definition) is 0. The van der Waals surface area contributed by atoms with Crippen LogP contribution < -0.4 is 0 Å². The van der Waals surface area contributed by atoms with Gasteiger partial charge in [0.2, 0.25) is 0 Å². The molecule has 0 aliphatic carbocycles. The van der Waals surface area contributed by atoms with Gasteiger partial charge in [-0.3, -0.25) is 4.79 Å². The van der Waals surface area contributed by atoms with Crippen molar-refractivity contribution in [3.8, 4) is 0 Å². The second-order valence-electron chi connectivity index (χ2n) is 3.77. The monoisotopic (exact) mass is 222 g/mol. The zero-order chi connectivity index (χ0) is 10.9. The minimum atomic E-state index is -0.567. The molecule has 78 valence electrons. The van der Waals surface area contributed by atoms with Gasteiger partial charge in [0.15, 0.2) is 11.4 Å². The molecule has 0 aromatic heterocycles. The van der Waals surface area contributed by atoms with Gasteiger partial charge in [-0.2, -0.15) is 0 Å². The maximum Gasteiger partial charge on any atom is 0.189 e. The molecule has 1 unspecified atom stereocenters. The maximum absolute atomic E-state index is 11.5. The first-order valence-corrected chi connectivity index (χ1v) is 5.10. The predicted molar refractivity (Wildman–Crippen MR) is 59.9 cm³/mol. The van der Waals surface area contributed by atoms with E-state index in [4.69, 9.17) is 16.3 Å². The van der Waals surface area contributed by atoms with Gasteiger partial charge in [0.25, 0.3) is 0 Å². The average molecular weight is 223 g/mol. The van der Waals surface area contributed by atoms with Crippen molar-refractivity contribution in [2.24, 2.45) is 0 Å². The van der Waals surface area contributed by atoms with Crippen LogP contribution >= 0.6 is 11.6 Å². The highest BCUT2D eigenvalue weighted by molar-refractivity contribution is 6.30. The summed E-state index contributed by atoms with van der Waals surface area (Å²) in [6, 6.07) is 7.31. The summed E-state index contributed by atoms with van der Waals surface area (Å²) in [4.78, 5) is 11.5. The van der Waals surface area contributed by atoms with Crippen LogP contribution in [0.2, 0.25) is 5.02 Å². The van der Waals surface area contributed by atoms with Crippen molar-refractivity contribution in [2.45, 2.75) is 12.5 Å². The summed E-state index contributed by atoms with van der Waals surface area (Å²) >= 11 is 5.75. The first kappa shape index (κ1) is 10.4. The average Bonchev–Trinajstić information content (AvgIpc) is 2.97. The molecule has 1 aromatic rings. The first-order valence-electron chi connectivity index (χ1n) is 4.72. The van der Waals surface area contributed by atoms with Gasteiger partial charge >= 0.3 is 0 Å². The van der Waals surface area contributed by atoms with Crippen LogP contribution in [0.1, 0.15) is 12.5 Å². The Bertz CT molecular complexity index is 402. The van der Waals surface area contributed by atoms with E-state index in [0.717, 1.165) is 5.56 Å². The molecule has 1 saturated heterocycles. The highest BCUT2D eigenvalue weighted by Gasteiger charge is 2.45. The lowest BCUT2D eigenvalue weighted by molar-refractivity contribution is -0.118. The van der Waals surface area contributed by atoms with E-state index < -0.39 is 5.60 Å². The molecule has 1 aromatic carbocycles. The van der Waals surface area contributed by atoms with E-state index in [2.05, 4.69) is 0 Å². The summed E-state index contributed by atoms with van der Waals surface area (Å²) in [5.74, 6) is 0.0115. The molecule has 2 rings (SSSR count). The molecule has 0 spiro atoms. The van der Waals surface area contributed by atoms with Crippen molar-refractivity contribution < 1.29 is 9.53 Å². The summed E-state index contributed by atoms with van der Waals surface area (Å²) in [6.45, 7) is 2.32. The smallest absolute Gasteiger partial charge is 0.189 e. The molecule has 0 amide bonds. The Kier molecular flexibility index (Phi) is 2.63. The summed E-state index contributed by atoms with van der Waals surface area (Å²) in [7, 11) is 0. The molecule has 0 bridgehead atoms. The minimum Gasteiger partial charge on any atom is -0.361 e. The topological polar surface area (TPSA) is 29.6 Å². The number of halogens is 1. The highest BCUT2D eigenvalue weighted by Crippen LogP contribution is 2.27. The molecule has 1 atom stereocenters. The van der Waals surface area contributed by atoms with Gasteiger partial charge in [-0.25, -0.2) is 0 Å². The van der Waals surface area contributed by atoms with Crippen LogP contribution in [0.15, 0.2) is 30.3 Å². The molecule has 1 aliphatic heterocycles. The largest absolute Gasteiger partial charge is 0.361 e. The molecule has 3 heteroatoms. The van der Waals surface area contributed by atoms with E-state index in [0.29, 0.717) is 11.6 Å². The van der Waals surface area contributed by atoms with E-state index in [-0.39, 0.29) is 5.78 Å². The third-order valence-electron chi connectivity index (χ3n) is 2.40. The van der Waals surface area contributed by atoms with Gasteiger partial charge in [0.1, 0.15) is 0 Å². The molecule has 0 saturated carbocycles. The summed E-state index contributed by atoms with van der Waals surface area (Å²) in [5, 5.41) is 0.691. The summed E-state index contributed by atoms with van der Waals surface area (Å²) in [5.41, 5.74) is 0.389. The number of ether oxygens (including phenoxy) is 1. The Labute approximate surface area is 93.5 Å². The number of hydrogen-bond acceptors (Lipinski definition) is 2. The number of carbonyl (C=O) groups excluding carboxylic acids is 1. The van der Waals surface area contributed by atoms with E-state index in [1.165, 1.54) is 0 Å². The molecular weight excluding hydrogens is 212 g/mol. The second-order valence-corrected chi connectivity index (χ2v) is 4.21. The zero-order valence-corrected chi connectivity index (χ0v) is 9.12. The number of epoxide rings is 1. The van der Waals surface area contributed by atoms with Crippen LogP contribution in [0.5, 0.6) is 0 Å². The van der Waals surface area contributed by atoms with Crippen molar-refractivity contribution >= 4 is 23.5 Å². The summed E-state index contributed by atoms with van der Waals surface area (Å²) < 4.78 is 5.04.